The molecule has 5 heteroatoms. The molecule has 1 aromatic rings. The number of fused-ring (bicyclic) bond motifs is 1. The largest absolute Gasteiger partial charge is 0.481 e. The van der Waals surface area contributed by atoms with Crippen molar-refractivity contribution in [3.8, 4) is 0 Å². The van der Waals surface area contributed by atoms with E-state index in [1.165, 1.54) is 6.08 Å². The van der Waals surface area contributed by atoms with Gasteiger partial charge >= 0.3 is 5.97 Å². The summed E-state index contributed by atoms with van der Waals surface area (Å²) >= 11 is 0. The van der Waals surface area contributed by atoms with E-state index < -0.39 is 5.97 Å². The lowest BCUT2D eigenvalue weighted by molar-refractivity contribution is -0.136. The van der Waals surface area contributed by atoms with E-state index in [1.807, 2.05) is 0 Å². The summed E-state index contributed by atoms with van der Waals surface area (Å²) in [5.41, 5.74) is 0.883. The Balaban J connectivity index is 2.18. The van der Waals surface area contributed by atoms with E-state index in [1.54, 1.807) is 24.3 Å². The number of carbonyl (C=O) groups is 3. The van der Waals surface area contributed by atoms with Crippen molar-refractivity contribution in [2.24, 2.45) is 0 Å². The van der Waals surface area contributed by atoms with Gasteiger partial charge in [0.25, 0.3) is 0 Å². The minimum Gasteiger partial charge on any atom is -0.481 e. The fourth-order valence-corrected chi connectivity index (χ4v) is 1.75. The Morgan fingerprint density at radius 1 is 1.17 bits per heavy atom. The Morgan fingerprint density at radius 2 is 1.83 bits per heavy atom. The van der Waals surface area contributed by atoms with Gasteiger partial charge in [-0.2, -0.15) is 0 Å². The molecule has 92 valence electrons. The molecule has 0 unspecified atom stereocenters. The van der Waals surface area contributed by atoms with Crippen LogP contribution in [0, 0.1) is 0 Å². The number of allylic oxidation sites excluding steroid dienone is 2. The van der Waals surface area contributed by atoms with Crippen molar-refractivity contribution in [1.29, 1.82) is 0 Å². The van der Waals surface area contributed by atoms with Crippen LogP contribution in [0.1, 0.15) is 27.1 Å². The normalized spacial score (nSPS) is 13.9. The Labute approximate surface area is 103 Å². The van der Waals surface area contributed by atoms with E-state index >= 15 is 0 Å². The lowest BCUT2D eigenvalue weighted by Gasteiger charge is -2.15. The summed E-state index contributed by atoms with van der Waals surface area (Å²) < 4.78 is 0. The van der Waals surface area contributed by atoms with Crippen molar-refractivity contribution in [3.05, 3.63) is 47.2 Å². The predicted molar refractivity (Wildman–Crippen MR) is 63.4 cm³/mol. The lowest BCUT2D eigenvalue weighted by atomic mass is 9.93. The molecule has 2 rings (SSSR count). The maximum atomic E-state index is 12.0. The van der Waals surface area contributed by atoms with Crippen LogP contribution in [0.3, 0.4) is 0 Å². The van der Waals surface area contributed by atoms with Crippen LogP contribution in [0.15, 0.2) is 36.0 Å². The highest BCUT2D eigenvalue weighted by Crippen LogP contribution is 2.19. The van der Waals surface area contributed by atoms with Gasteiger partial charge < -0.3 is 10.4 Å². The highest BCUT2D eigenvalue weighted by molar-refractivity contribution is 6.24. The van der Waals surface area contributed by atoms with Crippen LogP contribution in [0.5, 0.6) is 0 Å². The van der Waals surface area contributed by atoms with Gasteiger partial charge in [0.05, 0.1) is 12.1 Å². The summed E-state index contributed by atoms with van der Waals surface area (Å²) in [4.78, 5) is 34.1. The van der Waals surface area contributed by atoms with Crippen LogP contribution in [0.4, 0.5) is 0 Å². The summed E-state index contributed by atoms with van der Waals surface area (Å²) in [6.07, 6.45) is 1.10. The quantitative estimate of drug-likeness (QED) is 0.827. The summed E-state index contributed by atoms with van der Waals surface area (Å²) in [6, 6.07) is 6.56. The van der Waals surface area contributed by atoms with Crippen LogP contribution in [0.25, 0.3) is 0 Å². The maximum absolute atomic E-state index is 12.0. The molecule has 2 N–H and O–H groups in total. The van der Waals surface area contributed by atoms with Crippen LogP contribution in [-0.2, 0) is 4.79 Å². The molecule has 1 aromatic carbocycles. The number of carboxylic acids is 1. The molecule has 0 radical (unpaired) electrons. The summed E-state index contributed by atoms with van der Waals surface area (Å²) in [5, 5.41) is 11.2. The van der Waals surface area contributed by atoms with Crippen molar-refractivity contribution in [2.45, 2.75) is 6.42 Å². The number of hydrogen-bond acceptors (Lipinski definition) is 4. The average molecular weight is 245 g/mol. The molecule has 0 fully saturated rings. The van der Waals surface area contributed by atoms with Gasteiger partial charge in [-0.25, -0.2) is 0 Å². The third-order valence-electron chi connectivity index (χ3n) is 2.61. The Morgan fingerprint density at radius 3 is 2.50 bits per heavy atom. The van der Waals surface area contributed by atoms with Crippen molar-refractivity contribution in [3.63, 3.8) is 0 Å². The number of aliphatic carboxylic acids is 1. The maximum Gasteiger partial charge on any atom is 0.305 e. The van der Waals surface area contributed by atoms with Gasteiger partial charge in [-0.3, -0.25) is 14.4 Å². The van der Waals surface area contributed by atoms with Crippen molar-refractivity contribution >= 4 is 17.5 Å². The van der Waals surface area contributed by atoms with E-state index in [0.717, 1.165) is 0 Å². The minimum atomic E-state index is -0.960. The lowest BCUT2D eigenvalue weighted by Crippen LogP contribution is -2.28. The van der Waals surface area contributed by atoms with Gasteiger partial charge in [-0.05, 0) is 0 Å². The number of nitrogens with one attached hydrogen (secondary N) is 1. The molecular formula is C13H11NO4. The summed E-state index contributed by atoms with van der Waals surface area (Å²) in [5.74, 6) is -1.49. The molecule has 0 spiro atoms. The molecule has 0 atom stereocenters. The second-order valence-electron chi connectivity index (χ2n) is 3.87. The Kier molecular flexibility index (Phi) is 3.23. The molecule has 1 aliphatic carbocycles. The molecule has 0 bridgehead atoms. The molecule has 0 aliphatic heterocycles. The first kappa shape index (κ1) is 12.0. The molecule has 18 heavy (non-hydrogen) atoms. The standard InChI is InChI=1S/C13H11NO4/c15-11-7-10(14-6-5-12(16)17)13(18)9-4-2-1-3-8(9)11/h1-4,7,14H,5-6H2,(H,16,17). The van der Waals surface area contributed by atoms with E-state index in [4.69, 9.17) is 5.11 Å². The topological polar surface area (TPSA) is 83.5 Å². The van der Waals surface area contributed by atoms with Crippen LogP contribution in [-0.4, -0.2) is 29.2 Å². The predicted octanol–water partition coefficient (Wildman–Crippen LogP) is 1.01. The third-order valence-corrected chi connectivity index (χ3v) is 2.61. The average Bonchev–Trinajstić information content (AvgIpc) is 2.35. The highest BCUT2D eigenvalue weighted by atomic mass is 16.4. The second kappa shape index (κ2) is 4.83. The van der Waals surface area contributed by atoms with Gasteiger partial charge in [-0.15, -0.1) is 0 Å². The fraction of sp³-hybridized carbons (Fsp3) is 0.154. The van der Waals surface area contributed by atoms with Crippen LogP contribution >= 0.6 is 0 Å². The highest BCUT2D eigenvalue weighted by Gasteiger charge is 2.24. The fourth-order valence-electron chi connectivity index (χ4n) is 1.75. The molecule has 0 saturated heterocycles. The first-order valence-corrected chi connectivity index (χ1v) is 5.45. The Hall–Kier alpha value is -2.43. The number of Topliss-reactive ketones (excluding diaryl/α,β-unsaturated/α-hetero) is 1. The van der Waals surface area contributed by atoms with Gasteiger partial charge in [0.1, 0.15) is 0 Å². The van der Waals surface area contributed by atoms with Crippen molar-refractivity contribution in [2.75, 3.05) is 6.54 Å². The number of benzene rings is 1. The minimum absolute atomic E-state index is 0.111. The second-order valence-corrected chi connectivity index (χ2v) is 3.87. The zero-order valence-electron chi connectivity index (χ0n) is 9.47. The smallest absolute Gasteiger partial charge is 0.305 e. The van der Waals surface area contributed by atoms with E-state index in [0.29, 0.717) is 11.1 Å². The number of hydrogen-bond donors (Lipinski definition) is 2. The van der Waals surface area contributed by atoms with Gasteiger partial charge in [0.15, 0.2) is 5.78 Å². The monoisotopic (exact) mass is 245 g/mol. The molecular weight excluding hydrogens is 234 g/mol. The number of rotatable bonds is 4. The first-order valence-electron chi connectivity index (χ1n) is 5.45. The van der Waals surface area contributed by atoms with Gasteiger partial charge in [0, 0.05) is 23.7 Å². The molecule has 1 aliphatic rings. The SMILES string of the molecule is O=C(O)CCNC1=CC(=O)c2ccccc2C1=O. The third kappa shape index (κ3) is 2.29. The van der Waals surface area contributed by atoms with Crippen molar-refractivity contribution < 1.29 is 19.5 Å². The Bertz CT molecular complexity index is 560. The number of carbonyl (C=O) groups excluding carboxylic acids is 2. The molecule has 0 saturated carbocycles. The molecule has 0 aromatic heterocycles. The molecule has 5 nitrogen and oxygen atoms in total. The van der Waals surface area contributed by atoms with E-state index in [9.17, 15) is 14.4 Å². The van der Waals surface area contributed by atoms with Crippen LogP contribution in [0.2, 0.25) is 0 Å². The summed E-state index contributed by atoms with van der Waals surface area (Å²) in [7, 11) is 0. The number of carboxylic acid groups (broad SMARTS) is 1. The molecule has 0 heterocycles. The van der Waals surface area contributed by atoms with Gasteiger partial charge in [-0.1, -0.05) is 24.3 Å². The molecule has 0 amide bonds. The van der Waals surface area contributed by atoms with Gasteiger partial charge in [0.2, 0.25) is 5.78 Å². The van der Waals surface area contributed by atoms with Crippen LogP contribution < -0.4 is 5.32 Å². The van der Waals surface area contributed by atoms with E-state index in [-0.39, 0.29) is 30.2 Å². The zero-order chi connectivity index (χ0) is 13.1. The summed E-state index contributed by atoms with van der Waals surface area (Å²) in [6.45, 7) is 0.113. The zero-order valence-corrected chi connectivity index (χ0v) is 9.47. The number of ketones is 2. The van der Waals surface area contributed by atoms with E-state index in [2.05, 4.69) is 5.32 Å². The first-order chi connectivity index (χ1) is 8.59. The van der Waals surface area contributed by atoms with Crippen molar-refractivity contribution in [1.82, 2.24) is 5.32 Å².